The summed E-state index contributed by atoms with van der Waals surface area (Å²) in [6.45, 7) is 11.3. The van der Waals surface area contributed by atoms with Gasteiger partial charge >= 0.3 is 0 Å². The summed E-state index contributed by atoms with van der Waals surface area (Å²) in [5.74, 6) is 1.29. The highest BCUT2D eigenvalue weighted by atomic mass is 14.9. The van der Waals surface area contributed by atoms with Crippen LogP contribution in [-0.2, 0) is 0 Å². The van der Waals surface area contributed by atoms with Gasteiger partial charge < -0.3 is 16.8 Å². The van der Waals surface area contributed by atoms with E-state index >= 15 is 0 Å². The molecule has 0 atom stereocenters. The van der Waals surface area contributed by atoms with Crippen molar-refractivity contribution in [3.05, 3.63) is 0 Å². The maximum absolute atomic E-state index is 6.44. The molecule has 0 fully saturated rings. The normalized spacial score (nSPS) is 12.8. The van der Waals surface area contributed by atoms with Crippen LogP contribution in [0, 0.1) is 11.8 Å². The summed E-state index contributed by atoms with van der Waals surface area (Å²) in [4.78, 5) is 0. The van der Waals surface area contributed by atoms with Gasteiger partial charge in [0.05, 0.1) is 0 Å². The molecule has 0 amide bonds. The number of rotatable bonds is 8. The van der Waals surface area contributed by atoms with Crippen LogP contribution < -0.4 is 16.8 Å². The Kier molecular flexibility index (Phi) is 7.14. The summed E-state index contributed by atoms with van der Waals surface area (Å²) >= 11 is 0. The zero-order valence-corrected chi connectivity index (χ0v) is 10.8. The van der Waals surface area contributed by atoms with Crippen LogP contribution in [0.15, 0.2) is 0 Å². The number of nitrogens with two attached hydrogens (primary N) is 2. The van der Waals surface area contributed by atoms with Gasteiger partial charge in [-0.1, -0.05) is 27.7 Å². The van der Waals surface area contributed by atoms with Crippen molar-refractivity contribution in [1.29, 1.82) is 0 Å². The van der Waals surface area contributed by atoms with Gasteiger partial charge in [-0.2, -0.15) is 0 Å². The van der Waals surface area contributed by atoms with Crippen molar-refractivity contribution in [2.75, 3.05) is 19.6 Å². The second kappa shape index (κ2) is 7.20. The van der Waals surface area contributed by atoms with E-state index in [0.29, 0.717) is 18.4 Å². The van der Waals surface area contributed by atoms with Gasteiger partial charge in [-0.05, 0) is 24.7 Å². The second-order valence-electron chi connectivity index (χ2n) is 5.52. The lowest BCUT2D eigenvalue weighted by atomic mass is 9.82. The van der Waals surface area contributed by atoms with E-state index in [1.807, 2.05) is 0 Å². The van der Waals surface area contributed by atoms with E-state index in [4.69, 9.17) is 11.5 Å². The van der Waals surface area contributed by atoms with Crippen LogP contribution in [0.2, 0.25) is 0 Å². The van der Waals surface area contributed by atoms with E-state index in [9.17, 15) is 0 Å². The molecule has 3 nitrogen and oxygen atoms in total. The monoisotopic (exact) mass is 215 g/mol. The van der Waals surface area contributed by atoms with E-state index < -0.39 is 0 Å². The van der Waals surface area contributed by atoms with Crippen molar-refractivity contribution in [1.82, 2.24) is 5.32 Å². The maximum Gasteiger partial charge on any atom is 0.0285 e. The van der Waals surface area contributed by atoms with Crippen LogP contribution in [0.3, 0.4) is 0 Å². The summed E-state index contributed by atoms with van der Waals surface area (Å²) in [5, 5.41) is 3.34. The first-order chi connectivity index (χ1) is 6.89. The van der Waals surface area contributed by atoms with Gasteiger partial charge in [0.1, 0.15) is 0 Å². The molecule has 0 bridgehead atoms. The van der Waals surface area contributed by atoms with E-state index in [1.165, 1.54) is 0 Å². The Morgan fingerprint density at radius 1 is 1.07 bits per heavy atom. The molecular weight excluding hydrogens is 186 g/mol. The molecule has 0 aromatic carbocycles. The molecule has 0 unspecified atom stereocenters. The van der Waals surface area contributed by atoms with Gasteiger partial charge in [0, 0.05) is 25.2 Å². The highest BCUT2D eigenvalue weighted by Crippen LogP contribution is 2.21. The molecule has 0 aliphatic carbocycles. The average Bonchev–Trinajstić information content (AvgIpc) is 2.00. The Bertz CT molecular complexity index is 145. The Hall–Kier alpha value is -0.120. The lowest BCUT2D eigenvalue weighted by molar-refractivity contribution is 0.274. The summed E-state index contributed by atoms with van der Waals surface area (Å²) in [6, 6.07) is 0. The number of hydrogen-bond acceptors (Lipinski definition) is 3. The fourth-order valence-corrected chi connectivity index (χ4v) is 2.29. The highest BCUT2D eigenvalue weighted by molar-refractivity contribution is 4.88. The third-order valence-corrected chi connectivity index (χ3v) is 2.43. The highest BCUT2D eigenvalue weighted by Gasteiger charge is 2.26. The van der Waals surface area contributed by atoms with E-state index in [1.54, 1.807) is 0 Å². The first kappa shape index (κ1) is 14.9. The van der Waals surface area contributed by atoms with Crippen molar-refractivity contribution in [2.45, 2.75) is 46.1 Å². The van der Waals surface area contributed by atoms with Crippen LogP contribution in [0.1, 0.15) is 40.5 Å². The fourth-order valence-electron chi connectivity index (χ4n) is 2.29. The first-order valence-corrected chi connectivity index (χ1v) is 6.09. The fraction of sp³-hybridized carbons (Fsp3) is 1.00. The third kappa shape index (κ3) is 7.77. The van der Waals surface area contributed by atoms with Gasteiger partial charge in [0.25, 0.3) is 0 Å². The number of nitrogens with one attached hydrogen (secondary N) is 1. The van der Waals surface area contributed by atoms with E-state index in [-0.39, 0.29) is 5.54 Å². The van der Waals surface area contributed by atoms with E-state index in [2.05, 4.69) is 33.0 Å². The smallest absolute Gasteiger partial charge is 0.0285 e. The molecule has 0 saturated carbocycles. The van der Waals surface area contributed by atoms with E-state index in [0.717, 1.165) is 25.9 Å². The summed E-state index contributed by atoms with van der Waals surface area (Å²) in [5.41, 5.74) is 11.8. The standard InChI is InChI=1S/C12H29N3/c1-10(2)7-12(14,8-11(3)4)9-15-6-5-13/h10-11,15H,5-9,13-14H2,1-4H3. The molecule has 92 valence electrons. The lowest BCUT2D eigenvalue weighted by Gasteiger charge is -2.33. The van der Waals surface area contributed by atoms with Crippen molar-refractivity contribution in [2.24, 2.45) is 23.3 Å². The summed E-state index contributed by atoms with van der Waals surface area (Å²) in [6.07, 6.45) is 2.14. The van der Waals surface area contributed by atoms with Gasteiger partial charge in [-0.3, -0.25) is 0 Å². The Morgan fingerprint density at radius 2 is 1.53 bits per heavy atom. The summed E-state index contributed by atoms with van der Waals surface area (Å²) < 4.78 is 0. The predicted molar refractivity (Wildman–Crippen MR) is 67.8 cm³/mol. The molecule has 0 radical (unpaired) electrons. The molecule has 0 aromatic heterocycles. The molecule has 0 spiro atoms. The minimum atomic E-state index is -0.0719. The SMILES string of the molecule is CC(C)CC(N)(CNCCN)CC(C)C. The van der Waals surface area contributed by atoms with Crippen LogP contribution >= 0.6 is 0 Å². The molecule has 0 saturated heterocycles. The first-order valence-electron chi connectivity index (χ1n) is 6.09. The molecule has 5 N–H and O–H groups in total. The quantitative estimate of drug-likeness (QED) is 0.535. The second-order valence-corrected chi connectivity index (χ2v) is 5.52. The average molecular weight is 215 g/mol. The largest absolute Gasteiger partial charge is 0.329 e. The van der Waals surface area contributed by atoms with Crippen LogP contribution in [-0.4, -0.2) is 25.2 Å². The van der Waals surface area contributed by atoms with Crippen molar-refractivity contribution in [3.63, 3.8) is 0 Å². The Labute approximate surface area is 95.0 Å². The molecule has 0 aromatic rings. The Morgan fingerprint density at radius 3 is 1.87 bits per heavy atom. The van der Waals surface area contributed by atoms with Gasteiger partial charge in [-0.25, -0.2) is 0 Å². The molecule has 0 aliphatic rings. The van der Waals surface area contributed by atoms with Crippen LogP contribution in [0.4, 0.5) is 0 Å². The molecule has 0 aliphatic heterocycles. The molecule has 15 heavy (non-hydrogen) atoms. The molecule has 0 rings (SSSR count). The molecular formula is C12H29N3. The Balaban J connectivity index is 4.14. The van der Waals surface area contributed by atoms with Gasteiger partial charge in [-0.15, -0.1) is 0 Å². The third-order valence-electron chi connectivity index (χ3n) is 2.43. The zero-order chi connectivity index (χ0) is 11.9. The van der Waals surface area contributed by atoms with Crippen molar-refractivity contribution in [3.8, 4) is 0 Å². The minimum Gasteiger partial charge on any atom is -0.329 e. The lowest BCUT2D eigenvalue weighted by Crippen LogP contribution is -2.51. The molecule has 3 heteroatoms. The topological polar surface area (TPSA) is 64.1 Å². The van der Waals surface area contributed by atoms with Crippen LogP contribution in [0.5, 0.6) is 0 Å². The molecule has 0 heterocycles. The maximum atomic E-state index is 6.44. The number of hydrogen-bond donors (Lipinski definition) is 3. The predicted octanol–water partition coefficient (Wildman–Crippen LogP) is 1.32. The van der Waals surface area contributed by atoms with Gasteiger partial charge in [0.15, 0.2) is 0 Å². The minimum absolute atomic E-state index is 0.0719. The summed E-state index contributed by atoms with van der Waals surface area (Å²) in [7, 11) is 0. The zero-order valence-electron chi connectivity index (χ0n) is 10.8. The van der Waals surface area contributed by atoms with Crippen molar-refractivity contribution < 1.29 is 0 Å². The van der Waals surface area contributed by atoms with Gasteiger partial charge in [0.2, 0.25) is 0 Å². The van der Waals surface area contributed by atoms with Crippen molar-refractivity contribution >= 4 is 0 Å². The van der Waals surface area contributed by atoms with Crippen LogP contribution in [0.25, 0.3) is 0 Å².